The van der Waals surface area contributed by atoms with Gasteiger partial charge in [0.2, 0.25) is 5.91 Å². The summed E-state index contributed by atoms with van der Waals surface area (Å²) in [5, 5.41) is 23.0. The van der Waals surface area contributed by atoms with Crippen molar-refractivity contribution >= 4 is 5.91 Å². The highest BCUT2D eigenvalue weighted by Gasteiger charge is 2.19. The van der Waals surface area contributed by atoms with Gasteiger partial charge in [0.1, 0.15) is 0 Å². The van der Waals surface area contributed by atoms with Crippen molar-refractivity contribution in [3.8, 4) is 0 Å². The van der Waals surface area contributed by atoms with E-state index >= 15 is 0 Å². The molecule has 0 saturated carbocycles. The molecule has 4 nitrogen and oxygen atoms in total. The number of aliphatic hydroxyl groups is 2. The van der Waals surface area contributed by atoms with Crippen LogP contribution in [0.1, 0.15) is 187 Å². The molecule has 0 aliphatic rings. The second-order valence-corrected chi connectivity index (χ2v) is 11.9. The van der Waals surface area contributed by atoms with Crippen LogP contribution in [0.25, 0.3) is 0 Å². The van der Waals surface area contributed by atoms with Gasteiger partial charge in [0.15, 0.2) is 0 Å². The number of carbonyl (C=O) groups excluding carboxylic acids is 1. The van der Waals surface area contributed by atoms with E-state index in [9.17, 15) is 15.0 Å². The van der Waals surface area contributed by atoms with Crippen molar-refractivity contribution in [1.82, 2.24) is 5.32 Å². The van der Waals surface area contributed by atoms with E-state index in [0.29, 0.717) is 12.8 Å². The predicted octanol–water partition coefficient (Wildman–Crippen LogP) is 9.95. The molecule has 0 aromatic heterocycles. The van der Waals surface area contributed by atoms with Crippen LogP contribution >= 0.6 is 0 Å². The lowest BCUT2D eigenvalue weighted by molar-refractivity contribution is -0.123. The molecule has 0 saturated heterocycles. The molecule has 0 radical (unpaired) electrons. The normalized spacial score (nSPS) is 13.2. The Labute approximate surface area is 244 Å². The second kappa shape index (κ2) is 31.7. The number of unbranched alkanes of at least 4 members (excludes halogenated alkanes) is 22. The molecule has 4 heteroatoms. The third kappa shape index (κ3) is 28.5. The number of hydrogen-bond donors (Lipinski definition) is 3. The number of allylic oxidation sites excluding steroid dienone is 2. The highest BCUT2D eigenvalue weighted by Crippen LogP contribution is 2.14. The van der Waals surface area contributed by atoms with Crippen molar-refractivity contribution in [2.45, 2.75) is 199 Å². The minimum atomic E-state index is -0.656. The van der Waals surface area contributed by atoms with E-state index in [1.807, 2.05) is 0 Å². The minimum Gasteiger partial charge on any atom is -0.394 e. The van der Waals surface area contributed by atoms with Crippen LogP contribution in [0.5, 0.6) is 0 Å². The number of aliphatic hydroxyl groups excluding tert-OH is 2. The van der Waals surface area contributed by atoms with Crippen LogP contribution in [-0.2, 0) is 4.79 Å². The second-order valence-electron chi connectivity index (χ2n) is 11.9. The van der Waals surface area contributed by atoms with Crippen LogP contribution < -0.4 is 5.32 Å². The molecule has 0 bridgehead atoms. The maximum absolute atomic E-state index is 12.3. The Kier molecular flexibility index (Phi) is 30.9. The number of hydrogen-bond acceptors (Lipinski definition) is 3. The number of carbonyl (C=O) groups is 1. The predicted molar refractivity (Wildman–Crippen MR) is 170 cm³/mol. The van der Waals surface area contributed by atoms with Gasteiger partial charge in [0, 0.05) is 6.42 Å². The van der Waals surface area contributed by atoms with E-state index < -0.39 is 12.1 Å². The summed E-state index contributed by atoms with van der Waals surface area (Å²) < 4.78 is 0. The largest absolute Gasteiger partial charge is 0.394 e. The first kappa shape index (κ1) is 38.1. The van der Waals surface area contributed by atoms with Crippen molar-refractivity contribution < 1.29 is 15.0 Å². The molecule has 3 N–H and O–H groups in total. The lowest BCUT2D eigenvalue weighted by Crippen LogP contribution is -2.45. The monoisotopic (exact) mass is 552 g/mol. The Morgan fingerprint density at radius 1 is 0.590 bits per heavy atom. The van der Waals surface area contributed by atoms with Gasteiger partial charge >= 0.3 is 0 Å². The van der Waals surface area contributed by atoms with Crippen LogP contribution in [0.3, 0.4) is 0 Å². The van der Waals surface area contributed by atoms with E-state index in [1.54, 1.807) is 0 Å². The average molecular weight is 552 g/mol. The van der Waals surface area contributed by atoms with Crippen LogP contribution in [0.4, 0.5) is 0 Å². The SMILES string of the molecule is CCCCCCCC/C=C\CCCCCCCC(=O)N[C@@H](CO)[C@H](O)CCCCCCCCCCCCCC. The Bertz CT molecular complexity index is 522. The lowest BCUT2D eigenvalue weighted by atomic mass is 10.0. The number of rotatable bonds is 31. The molecule has 232 valence electrons. The van der Waals surface area contributed by atoms with Crippen molar-refractivity contribution in [1.29, 1.82) is 0 Å². The Hall–Kier alpha value is -0.870. The van der Waals surface area contributed by atoms with Gasteiger partial charge in [0.25, 0.3) is 0 Å². The standard InChI is InChI=1S/C35H69NO3/c1-3-5-7-9-11-13-15-17-18-19-21-23-25-27-29-31-35(39)36-33(32-37)34(38)30-28-26-24-22-20-16-14-12-10-8-6-4-2/h17-18,33-34,37-38H,3-16,19-32H2,1-2H3,(H,36,39)/b18-17-/t33-,34+/m0/s1. The lowest BCUT2D eigenvalue weighted by Gasteiger charge is -2.22. The van der Waals surface area contributed by atoms with Crippen molar-refractivity contribution in [2.24, 2.45) is 0 Å². The zero-order valence-corrected chi connectivity index (χ0v) is 26.4. The average Bonchev–Trinajstić information content (AvgIpc) is 2.94. The number of amides is 1. The van der Waals surface area contributed by atoms with Gasteiger partial charge in [0.05, 0.1) is 18.8 Å². The summed E-state index contributed by atoms with van der Waals surface area (Å²) in [5.41, 5.74) is 0. The maximum Gasteiger partial charge on any atom is 0.220 e. The molecule has 0 spiro atoms. The third-order valence-corrected chi connectivity index (χ3v) is 8.03. The molecule has 0 heterocycles. The summed E-state index contributed by atoms with van der Waals surface area (Å²) >= 11 is 0. The molecule has 39 heavy (non-hydrogen) atoms. The summed E-state index contributed by atoms with van der Waals surface area (Å²) in [6.07, 6.45) is 36.8. The molecule has 0 aromatic rings. The van der Waals surface area contributed by atoms with Crippen molar-refractivity contribution in [3.63, 3.8) is 0 Å². The molecule has 0 fully saturated rings. The Morgan fingerprint density at radius 2 is 0.974 bits per heavy atom. The van der Waals surface area contributed by atoms with Gasteiger partial charge in [-0.05, 0) is 38.5 Å². The van der Waals surface area contributed by atoms with E-state index in [4.69, 9.17) is 0 Å². The first-order valence-electron chi connectivity index (χ1n) is 17.4. The molecule has 0 unspecified atom stereocenters. The Balaban J connectivity index is 3.58. The summed E-state index contributed by atoms with van der Waals surface area (Å²) in [6, 6.07) is -0.534. The van der Waals surface area contributed by atoms with Gasteiger partial charge in [-0.15, -0.1) is 0 Å². The van der Waals surface area contributed by atoms with Crippen molar-refractivity contribution in [2.75, 3.05) is 6.61 Å². The molecule has 0 rings (SSSR count). The van der Waals surface area contributed by atoms with Gasteiger partial charge in [-0.3, -0.25) is 4.79 Å². The first-order valence-corrected chi connectivity index (χ1v) is 17.4. The zero-order valence-electron chi connectivity index (χ0n) is 26.4. The van der Waals surface area contributed by atoms with Gasteiger partial charge in [-0.25, -0.2) is 0 Å². The molecule has 0 aromatic carbocycles. The van der Waals surface area contributed by atoms with Crippen LogP contribution in [0, 0.1) is 0 Å². The molecule has 0 aliphatic heterocycles. The number of nitrogens with one attached hydrogen (secondary N) is 1. The molecule has 0 aliphatic carbocycles. The van der Waals surface area contributed by atoms with Gasteiger partial charge in [-0.2, -0.15) is 0 Å². The molecule has 2 atom stereocenters. The van der Waals surface area contributed by atoms with Crippen LogP contribution in [0.2, 0.25) is 0 Å². The summed E-state index contributed by atoms with van der Waals surface area (Å²) in [7, 11) is 0. The quantitative estimate of drug-likeness (QED) is 0.0593. The van der Waals surface area contributed by atoms with Gasteiger partial charge < -0.3 is 15.5 Å². The summed E-state index contributed by atoms with van der Waals surface area (Å²) in [5.74, 6) is -0.0413. The van der Waals surface area contributed by atoms with Gasteiger partial charge in [-0.1, -0.05) is 154 Å². The third-order valence-electron chi connectivity index (χ3n) is 8.03. The van der Waals surface area contributed by atoms with Crippen LogP contribution in [-0.4, -0.2) is 34.9 Å². The fourth-order valence-electron chi connectivity index (χ4n) is 5.29. The molecule has 1 amide bonds. The minimum absolute atomic E-state index is 0.0413. The maximum atomic E-state index is 12.3. The first-order chi connectivity index (χ1) is 19.2. The van der Waals surface area contributed by atoms with E-state index in [1.165, 1.54) is 135 Å². The van der Waals surface area contributed by atoms with E-state index in [0.717, 1.165) is 25.7 Å². The van der Waals surface area contributed by atoms with Crippen molar-refractivity contribution in [3.05, 3.63) is 12.2 Å². The smallest absolute Gasteiger partial charge is 0.220 e. The summed E-state index contributed by atoms with van der Waals surface area (Å²) in [4.78, 5) is 12.3. The Morgan fingerprint density at radius 3 is 1.41 bits per heavy atom. The highest BCUT2D eigenvalue weighted by atomic mass is 16.3. The summed E-state index contributed by atoms with van der Waals surface area (Å²) in [6.45, 7) is 4.33. The molecular formula is C35H69NO3. The van der Waals surface area contributed by atoms with Crippen LogP contribution in [0.15, 0.2) is 12.2 Å². The molecular weight excluding hydrogens is 482 g/mol. The fraction of sp³-hybridized carbons (Fsp3) is 0.914. The van der Waals surface area contributed by atoms with E-state index in [-0.39, 0.29) is 12.5 Å². The zero-order chi connectivity index (χ0) is 28.7. The topological polar surface area (TPSA) is 69.6 Å². The highest BCUT2D eigenvalue weighted by molar-refractivity contribution is 5.76. The fourth-order valence-corrected chi connectivity index (χ4v) is 5.29. The van der Waals surface area contributed by atoms with E-state index in [2.05, 4.69) is 31.3 Å².